The monoisotopic (exact) mass is 394 g/mol. The third-order valence-corrected chi connectivity index (χ3v) is 5.19. The normalized spacial score (nSPS) is 16.3. The van der Waals surface area contributed by atoms with Crippen LogP contribution in [0.15, 0.2) is 41.5 Å². The molecule has 3 N–H and O–H groups in total. The zero-order valence-corrected chi connectivity index (χ0v) is 17.1. The highest BCUT2D eigenvalue weighted by molar-refractivity contribution is 5.98. The van der Waals surface area contributed by atoms with Crippen molar-refractivity contribution in [3.05, 3.63) is 53.2 Å². The predicted octanol–water partition coefficient (Wildman–Crippen LogP) is 3.12. The molecule has 0 saturated carbocycles. The molecular formula is C21H26N6O2. The number of hydrogen-bond acceptors (Lipinski definition) is 7. The van der Waals surface area contributed by atoms with Crippen LogP contribution in [0.2, 0.25) is 0 Å². The van der Waals surface area contributed by atoms with E-state index < -0.39 is 0 Å². The van der Waals surface area contributed by atoms with Crippen LogP contribution in [0, 0.1) is 13.8 Å². The number of anilines is 1. The van der Waals surface area contributed by atoms with Crippen molar-refractivity contribution in [2.45, 2.75) is 20.0 Å². The molecule has 3 aromatic rings. The lowest BCUT2D eigenvalue weighted by atomic mass is 10.1. The predicted molar refractivity (Wildman–Crippen MR) is 114 cm³/mol. The van der Waals surface area contributed by atoms with Gasteiger partial charge in [-0.25, -0.2) is 10.4 Å². The molecule has 4 rings (SSSR count). The summed E-state index contributed by atoms with van der Waals surface area (Å²) in [4.78, 5) is 4.89. The number of guanidine groups is 1. The lowest BCUT2D eigenvalue weighted by Gasteiger charge is -2.22. The zero-order valence-electron chi connectivity index (χ0n) is 17.1. The van der Waals surface area contributed by atoms with E-state index in [1.807, 2.05) is 42.4 Å². The first-order chi connectivity index (χ1) is 14.1. The maximum atomic E-state index is 5.47. The number of H-pyrrole nitrogens is 1. The number of methoxy groups -OCH3 is 2. The largest absolute Gasteiger partial charge is 0.496 e. The van der Waals surface area contributed by atoms with Gasteiger partial charge in [-0.15, -0.1) is 0 Å². The quantitative estimate of drug-likeness (QED) is 0.596. The van der Waals surface area contributed by atoms with Gasteiger partial charge in [0.1, 0.15) is 11.9 Å². The number of nitrogens with zero attached hydrogens (tertiary/aromatic N) is 3. The highest BCUT2D eigenvalue weighted by Crippen LogP contribution is 2.28. The summed E-state index contributed by atoms with van der Waals surface area (Å²) in [6.45, 7) is 5.35. The Morgan fingerprint density at radius 1 is 1.17 bits per heavy atom. The summed E-state index contributed by atoms with van der Waals surface area (Å²) in [6, 6.07) is 10.2. The molecule has 0 aliphatic carbocycles. The summed E-state index contributed by atoms with van der Waals surface area (Å²) < 4.78 is 10.7. The third kappa shape index (κ3) is 3.76. The minimum absolute atomic E-state index is 0.207. The number of ether oxygens (including phenoxy) is 2. The Labute approximate surface area is 169 Å². The number of rotatable bonds is 6. The van der Waals surface area contributed by atoms with Gasteiger partial charge in [0.2, 0.25) is 5.96 Å². The number of nitrogens with one attached hydrogen (secondary N) is 3. The van der Waals surface area contributed by atoms with Crippen molar-refractivity contribution < 1.29 is 9.47 Å². The highest BCUT2D eigenvalue weighted by atomic mass is 16.5. The van der Waals surface area contributed by atoms with Crippen LogP contribution in [0.4, 0.5) is 5.69 Å². The van der Waals surface area contributed by atoms with Gasteiger partial charge in [-0.2, -0.15) is 5.10 Å². The number of benzene rings is 2. The van der Waals surface area contributed by atoms with Gasteiger partial charge in [-0.1, -0.05) is 12.1 Å². The molecule has 0 spiro atoms. The molecule has 1 aliphatic heterocycles. The number of aryl methyl sites for hydroxylation is 2. The molecule has 1 atom stereocenters. The Bertz CT molecular complexity index is 1040. The molecule has 0 fully saturated rings. The lowest BCUT2D eigenvalue weighted by Crippen LogP contribution is -2.43. The van der Waals surface area contributed by atoms with Crippen molar-refractivity contribution in [2.24, 2.45) is 4.99 Å². The van der Waals surface area contributed by atoms with Crippen molar-refractivity contribution in [3.8, 4) is 5.75 Å². The second kappa shape index (κ2) is 8.10. The number of aromatic amines is 1. The summed E-state index contributed by atoms with van der Waals surface area (Å²) in [5, 5.41) is 13.7. The van der Waals surface area contributed by atoms with Gasteiger partial charge in [-0.3, -0.25) is 10.1 Å². The summed E-state index contributed by atoms with van der Waals surface area (Å²) >= 11 is 0. The van der Waals surface area contributed by atoms with Crippen LogP contribution in [-0.2, 0) is 4.74 Å². The number of hydrogen-bond donors (Lipinski definition) is 3. The molecule has 8 nitrogen and oxygen atoms in total. The minimum Gasteiger partial charge on any atom is -0.496 e. The van der Waals surface area contributed by atoms with Crippen molar-refractivity contribution in [3.63, 3.8) is 0 Å². The second-order valence-electron chi connectivity index (χ2n) is 7.05. The lowest BCUT2D eigenvalue weighted by molar-refractivity contribution is 0.158. The van der Waals surface area contributed by atoms with Crippen molar-refractivity contribution in [1.29, 1.82) is 0 Å². The number of hydrazine groups is 1. The van der Waals surface area contributed by atoms with E-state index in [9.17, 15) is 0 Å². The molecule has 0 bridgehead atoms. The first kappa shape index (κ1) is 19.2. The fourth-order valence-electron chi connectivity index (χ4n) is 3.45. The molecule has 2 aromatic carbocycles. The van der Waals surface area contributed by atoms with Crippen LogP contribution >= 0.6 is 0 Å². The van der Waals surface area contributed by atoms with Crippen LogP contribution in [0.3, 0.4) is 0 Å². The van der Waals surface area contributed by atoms with Crippen LogP contribution < -0.4 is 15.5 Å². The van der Waals surface area contributed by atoms with Crippen LogP contribution in [-0.4, -0.2) is 48.5 Å². The summed E-state index contributed by atoms with van der Waals surface area (Å²) in [5.74, 6) is 1.60. The Morgan fingerprint density at radius 2 is 2.03 bits per heavy atom. The molecule has 0 radical (unpaired) electrons. The topological polar surface area (TPSA) is 86.8 Å². The molecule has 1 aromatic heterocycles. The van der Waals surface area contributed by atoms with Gasteiger partial charge in [-0.05, 0) is 48.7 Å². The molecule has 2 heterocycles. The van der Waals surface area contributed by atoms with Crippen molar-refractivity contribution in [1.82, 2.24) is 20.6 Å². The second-order valence-corrected chi connectivity index (χ2v) is 7.05. The van der Waals surface area contributed by atoms with E-state index in [0.717, 1.165) is 45.0 Å². The maximum Gasteiger partial charge on any atom is 0.215 e. The number of aliphatic imine (C=N–C) groups is 1. The molecule has 1 aliphatic rings. The van der Waals surface area contributed by atoms with Gasteiger partial charge >= 0.3 is 0 Å². The van der Waals surface area contributed by atoms with Gasteiger partial charge in [0.25, 0.3) is 0 Å². The average Bonchev–Trinajstić information content (AvgIpc) is 3.36. The van der Waals surface area contributed by atoms with Gasteiger partial charge in [0.05, 0.1) is 32.0 Å². The molecule has 152 valence electrons. The first-order valence-corrected chi connectivity index (χ1v) is 9.55. The molecule has 1 unspecified atom stereocenters. The molecular weight excluding hydrogens is 368 g/mol. The van der Waals surface area contributed by atoms with Crippen LogP contribution in [0.25, 0.3) is 10.9 Å². The van der Waals surface area contributed by atoms with Crippen LogP contribution in [0.5, 0.6) is 5.75 Å². The highest BCUT2D eigenvalue weighted by Gasteiger charge is 2.26. The Hall–Kier alpha value is -3.10. The SMILES string of the molecule is COCCN1NC(c2ccc(C)c(OC)c2)N=C1Nc1ccc2[nH]ncc2c1C. The van der Waals surface area contributed by atoms with E-state index >= 15 is 0 Å². The van der Waals surface area contributed by atoms with Crippen molar-refractivity contribution >= 4 is 22.5 Å². The Balaban J connectivity index is 1.64. The standard InChI is InChI=1S/C21H26N6O2/c1-13-5-6-15(11-19(13)29-4)20-24-21(27(26-20)9-10-28-3)23-17-7-8-18-16(14(17)2)12-22-25-18/h5-8,11-12,20,26H,9-10H2,1-4H3,(H,22,25)(H,23,24). The van der Waals surface area contributed by atoms with Gasteiger partial charge in [0.15, 0.2) is 0 Å². The minimum atomic E-state index is -0.207. The number of aromatic nitrogens is 2. The molecule has 29 heavy (non-hydrogen) atoms. The Kier molecular flexibility index (Phi) is 5.37. The smallest absolute Gasteiger partial charge is 0.215 e. The van der Waals surface area contributed by atoms with Crippen molar-refractivity contribution in [2.75, 3.05) is 32.7 Å². The molecule has 8 heteroatoms. The molecule has 0 amide bonds. The van der Waals surface area contributed by atoms with Gasteiger partial charge < -0.3 is 14.8 Å². The van der Waals surface area contributed by atoms with E-state index in [-0.39, 0.29) is 6.17 Å². The van der Waals surface area contributed by atoms with E-state index in [1.165, 1.54) is 0 Å². The molecule has 0 saturated heterocycles. The van der Waals surface area contributed by atoms with E-state index in [2.05, 4.69) is 33.9 Å². The van der Waals surface area contributed by atoms with E-state index in [4.69, 9.17) is 14.5 Å². The van der Waals surface area contributed by atoms with E-state index in [0.29, 0.717) is 13.2 Å². The fourth-order valence-corrected chi connectivity index (χ4v) is 3.45. The zero-order chi connectivity index (χ0) is 20.4. The first-order valence-electron chi connectivity index (χ1n) is 9.55. The summed E-state index contributed by atoms with van der Waals surface area (Å²) in [5.41, 5.74) is 8.70. The fraction of sp³-hybridized carbons (Fsp3) is 0.333. The van der Waals surface area contributed by atoms with Gasteiger partial charge in [0, 0.05) is 18.2 Å². The summed E-state index contributed by atoms with van der Waals surface area (Å²) in [6.07, 6.45) is 1.64. The Morgan fingerprint density at radius 3 is 2.83 bits per heavy atom. The maximum absolute atomic E-state index is 5.47. The number of fused-ring (bicyclic) bond motifs is 1. The summed E-state index contributed by atoms with van der Waals surface area (Å²) in [7, 11) is 3.38. The third-order valence-electron chi connectivity index (χ3n) is 5.19. The van der Waals surface area contributed by atoms with Crippen LogP contribution in [0.1, 0.15) is 22.9 Å². The average molecular weight is 394 g/mol. The van der Waals surface area contributed by atoms with E-state index in [1.54, 1.807) is 14.2 Å².